The number of nitrogen functional groups attached to an aromatic ring is 1. The standard InChI is InChI=1S/C22H16F3N5O2S/c23-22(24,25)18(31)11-32-15-5-3-14(4-6-15)19-16(8-26)20(28)30-21(17(19)9-27)33-12-13-2-1-7-29-10-13/h1-7,10,18,31H,11-12H2,(H2,28,30). The minimum atomic E-state index is -4.79. The van der Waals surface area contributed by atoms with E-state index >= 15 is 0 Å². The van der Waals surface area contributed by atoms with Gasteiger partial charge in [0.05, 0.1) is 5.56 Å². The van der Waals surface area contributed by atoms with E-state index in [4.69, 9.17) is 15.6 Å². The predicted molar refractivity (Wildman–Crippen MR) is 115 cm³/mol. The van der Waals surface area contributed by atoms with Crippen LogP contribution in [0.4, 0.5) is 19.0 Å². The number of anilines is 1. The molecule has 0 amide bonds. The van der Waals surface area contributed by atoms with Gasteiger partial charge in [0.25, 0.3) is 0 Å². The van der Waals surface area contributed by atoms with E-state index < -0.39 is 18.9 Å². The molecule has 0 aliphatic carbocycles. The van der Waals surface area contributed by atoms with Gasteiger partial charge in [-0.15, -0.1) is 11.8 Å². The van der Waals surface area contributed by atoms with Gasteiger partial charge < -0.3 is 15.6 Å². The quantitative estimate of drug-likeness (QED) is 0.494. The van der Waals surface area contributed by atoms with Gasteiger partial charge in [-0.3, -0.25) is 4.98 Å². The number of rotatable bonds is 7. The molecule has 0 fully saturated rings. The monoisotopic (exact) mass is 471 g/mol. The molecular weight excluding hydrogens is 455 g/mol. The largest absolute Gasteiger partial charge is 0.491 e. The second-order valence-electron chi connectivity index (χ2n) is 6.69. The molecule has 7 nitrogen and oxygen atoms in total. The van der Waals surface area contributed by atoms with Crippen LogP contribution in [0.2, 0.25) is 0 Å². The van der Waals surface area contributed by atoms with E-state index in [-0.39, 0.29) is 28.3 Å². The molecule has 0 saturated heterocycles. The summed E-state index contributed by atoms with van der Waals surface area (Å²) in [6, 6.07) is 13.4. The van der Waals surface area contributed by atoms with Crippen molar-refractivity contribution in [2.24, 2.45) is 0 Å². The van der Waals surface area contributed by atoms with E-state index in [0.717, 1.165) is 5.56 Å². The first-order chi connectivity index (χ1) is 15.7. The van der Waals surface area contributed by atoms with Gasteiger partial charge in [0, 0.05) is 23.7 Å². The highest BCUT2D eigenvalue weighted by atomic mass is 32.2. The molecule has 33 heavy (non-hydrogen) atoms. The van der Waals surface area contributed by atoms with Crippen molar-refractivity contribution >= 4 is 17.6 Å². The summed E-state index contributed by atoms with van der Waals surface area (Å²) >= 11 is 1.26. The molecule has 2 heterocycles. The van der Waals surface area contributed by atoms with Crippen molar-refractivity contribution in [1.82, 2.24) is 9.97 Å². The minimum absolute atomic E-state index is 0.0124. The third-order valence-electron chi connectivity index (χ3n) is 4.44. The number of nitriles is 2. The Kier molecular flexibility index (Phi) is 7.38. The number of aliphatic hydroxyl groups excluding tert-OH is 1. The highest BCUT2D eigenvalue weighted by molar-refractivity contribution is 7.98. The van der Waals surface area contributed by atoms with Gasteiger partial charge in [-0.25, -0.2) is 4.98 Å². The van der Waals surface area contributed by atoms with Crippen molar-refractivity contribution < 1.29 is 23.0 Å². The van der Waals surface area contributed by atoms with Gasteiger partial charge in [-0.1, -0.05) is 18.2 Å². The van der Waals surface area contributed by atoms with Crippen LogP contribution in [-0.4, -0.2) is 34.0 Å². The van der Waals surface area contributed by atoms with Crippen molar-refractivity contribution in [3.63, 3.8) is 0 Å². The van der Waals surface area contributed by atoms with Crippen LogP contribution < -0.4 is 10.5 Å². The molecule has 1 atom stereocenters. The second kappa shape index (κ2) is 10.2. The van der Waals surface area contributed by atoms with Crippen LogP contribution in [-0.2, 0) is 5.75 Å². The van der Waals surface area contributed by atoms with Crippen LogP contribution in [0.3, 0.4) is 0 Å². The Morgan fingerprint density at radius 3 is 2.39 bits per heavy atom. The van der Waals surface area contributed by atoms with Gasteiger partial charge in [-0.2, -0.15) is 23.7 Å². The van der Waals surface area contributed by atoms with E-state index in [1.165, 1.54) is 36.0 Å². The molecule has 11 heteroatoms. The van der Waals surface area contributed by atoms with E-state index in [2.05, 4.69) is 16.0 Å². The fourth-order valence-corrected chi connectivity index (χ4v) is 3.74. The summed E-state index contributed by atoms with van der Waals surface area (Å²) in [7, 11) is 0. The van der Waals surface area contributed by atoms with E-state index in [1.54, 1.807) is 18.5 Å². The smallest absolute Gasteiger partial charge is 0.417 e. The van der Waals surface area contributed by atoms with E-state index in [0.29, 0.717) is 16.3 Å². The Bertz CT molecular complexity index is 1210. The maximum Gasteiger partial charge on any atom is 0.417 e. The summed E-state index contributed by atoms with van der Waals surface area (Å²) in [5.74, 6) is 0.496. The minimum Gasteiger partial charge on any atom is -0.491 e. The lowest BCUT2D eigenvalue weighted by atomic mass is 9.97. The lowest BCUT2D eigenvalue weighted by Gasteiger charge is -2.16. The highest BCUT2D eigenvalue weighted by Gasteiger charge is 2.38. The maximum atomic E-state index is 12.4. The summed E-state index contributed by atoms with van der Waals surface area (Å²) in [5, 5.41) is 28.8. The van der Waals surface area contributed by atoms with E-state index in [9.17, 15) is 23.7 Å². The number of aliphatic hydroxyl groups is 1. The molecular formula is C22H16F3N5O2S. The first kappa shape index (κ1) is 23.9. The van der Waals surface area contributed by atoms with Gasteiger partial charge in [0.1, 0.15) is 40.9 Å². The zero-order valence-electron chi connectivity index (χ0n) is 16.9. The van der Waals surface area contributed by atoms with Gasteiger partial charge in [-0.05, 0) is 29.3 Å². The number of aromatic nitrogens is 2. The Morgan fingerprint density at radius 1 is 1.12 bits per heavy atom. The Labute approximate surface area is 191 Å². The number of hydrogen-bond acceptors (Lipinski definition) is 8. The number of alkyl halides is 3. The predicted octanol–water partition coefficient (Wildman–Crippen LogP) is 4.06. The zero-order valence-corrected chi connectivity index (χ0v) is 17.7. The molecule has 1 unspecified atom stereocenters. The van der Waals surface area contributed by atoms with Crippen LogP contribution in [0.1, 0.15) is 16.7 Å². The number of ether oxygens (including phenoxy) is 1. The van der Waals surface area contributed by atoms with Crippen LogP contribution in [0, 0.1) is 22.7 Å². The molecule has 0 bridgehead atoms. The number of hydrogen-bond donors (Lipinski definition) is 2. The molecule has 3 aromatic rings. The Morgan fingerprint density at radius 2 is 1.82 bits per heavy atom. The lowest BCUT2D eigenvalue weighted by molar-refractivity contribution is -0.210. The zero-order chi connectivity index (χ0) is 24.0. The number of halogens is 3. The summed E-state index contributed by atoms with van der Waals surface area (Å²) < 4.78 is 42.3. The first-order valence-corrected chi connectivity index (χ1v) is 10.4. The summed E-state index contributed by atoms with van der Waals surface area (Å²) in [6.07, 6.45) is -4.09. The van der Waals surface area contributed by atoms with Crippen molar-refractivity contribution in [2.75, 3.05) is 12.3 Å². The van der Waals surface area contributed by atoms with Crippen molar-refractivity contribution in [3.05, 3.63) is 65.5 Å². The molecule has 3 N–H and O–H groups in total. The molecule has 3 rings (SSSR count). The van der Waals surface area contributed by atoms with Crippen molar-refractivity contribution in [1.29, 1.82) is 10.5 Å². The third kappa shape index (κ3) is 5.71. The molecule has 0 radical (unpaired) electrons. The number of pyridine rings is 2. The molecule has 0 saturated carbocycles. The topological polar surface area (TPSA) is 129 Å². The Hall–Kier alpha value is -3.80. The number of nitrogens with zero attached hydrogens (tertiary/aromatic N) is 4. The average molecular weight is 471 g/mol. The maximum absolute atomic E-state index is 12.4. The SMILES string of the molecule is N#Cc1c(N)nc(SCc2cccnc2)c(C#N)c1-c1ccc(OCC(O)C(F)(F)F)cc1. The molecule has 0 aliphatic heterocycles. The molecule has 2 aromatic heterocycles. The molecule has 0 spiro atoms. The average Bonchev–Trinajstić information content (AvgIpc) is 2.81. The van der Waals surface area contributed by atoms with E-state index in [1.807, 2.05) is 12.1 Å². The summed E-state index contributed by atoms with van der Waals surface area (Å²) in [4.78, 5) is 8.26. The highest BCUT2D eigenvalue weighted by Crippen LogP contribution is 2.37. The third-order valence-corrected chi connectivity index (χ3v) is 5.49. The second-order valence-corrected chi connectivity index (χ2v) is 7.66. The number of thioether (sulfide) groups is 1. The van der Waals surface area contributed by atoms with Crippen molar-refractivity contribution in [3.8, 4) is 29.0 Å². The fourth-order valence-electron chi connectivity index (χ4n) is 2.81. The van der Waals surface area contributed by atoms with Crippen molar-refractivity contribution in [2.45, 2.75) is 23.1 Å². The van der Waals surface area contributed by atoms with Gasteiger partial charge in [0.2, 0.25) is 0 Å². The number of benzene rings is 1. The molecule has 168 valence electrons. The fraction of sp³-hybridized carbons (Fsp3) is 0.182. The molecule has 0 aliphatic rings. The van der Waals surface area contributed by atoms with Crippen LogP contribution in [0.25, 0.3) is 11.1 Å². The summed E-state index contributed by atoms with van der Waals surface area (Å²) in [5.41, 5.74) is 7.75. The normalized spacial score (nSPS) is 11.9. The first-order valence-electron chi connectivity index (χ1n) is 9.38. The molecule has 1 aromatic carbocycles. The lowest BCUT2D eigenvalue weighted by Crippen LogP contribution is -2.34. The summed E-state index contributed by atoms with van der Waals surface area (Å²) in [6.45, 7) is -0.965. The van der Waals surface area contributed by atoms with Crippen LogP contribution in [0.15, 0.2) is 53.8 Å². The van der Waals surface area contributed by atoms with Crippen LogP contribution >= 0.6 is 11.8 Å². The van der Waals surface area contributed by atoms with Gasteiger partial charge in [0.15, 0.2) is 6.10 Å². The van der Waals surface area contributed by atoms with Gasteiger partial charge >= 0.3 is 6.18 Å². The van der Waals surface area contributed by atoms with Crippen LogP contribution in [0.5, 0.6) is 5.75 Å². The number of nitrogens with two attached hydrogens (primary N) is 1. The Balaban J connectivity index is 1.92.